The molecule has 0 bridgehead atoms. The van der Waals surface area contributed by atoms with Gasteiger partial charge in [0.05, 0.1) is 0 Å². The molecular weight excluding hydrogens is 364 g/mol. The number of pyridine rings is 1. The van der Waals surface area contributed by atoms with E-state index in [-0.39, 0.29) is 24.3 Å². The molecule has 6 nitrogen and oxygen atoms in total. The molecule has 0 aliphatic heterocycles. The molecule has 0 fully saturated rings. The smallest absolute Gasteiger partial charge is 0.330 e. The molecule has 1 aliphatic rings. The van der Waals surface area contributed by atoms with Gasteiger partial charge in [-0.1, -0.05) is 22.0 Å². The minimum absolute atomic E-state index is 0.177. The molecule has 0 radical (unpaired) electrons. The third kappa shape index (κ3) is 2.79. The zero-order chi connectivity index (χ0) is 16.6. The number of carboxylic acids is 1. The number of nitrogens with one attached hydrogen (secondary N) is 1. The van der Waals surface area contributed by atoms with Gasteiger partial charge in [-0.3, -0.25) is 4.79 Å². The molecule has 2 aromatic rings. The SMILES string of the molecule is O=C(NC1(C(=O)O)Cc2ccc(Br)cc2C1)c1ncccc1O. The molecule has 1 amide bonds. The summed E-state index contributed by atoms with van der Waals surface area (Å²) < 4.78 is 0.853. The summed E-state index contributed by atoms with van der Waals surface area (Å²) in [6.07, 6.45) is 1.73. The normalized spacial score (nSPS) is 19.2. The molecule has 3 N–H and O–H groups in total. The van der Waals surface area contributed by atoms with Crippen molar-refractivity contribution >= 4 is 27.8 Å². The third-order valence-corrected chi connectivity index (χ3v) is 4.41. The van der Waals surface area contributed by atoms with Crippen molar-refractivity contribution in [1.82, 2.24) is 10.3 Å². The summed E-state index contributed by atoms with van der Waals surface area (Å²) in [5.74, 6) is -2.12. The van der Waals surface area contributed by atoms with E-state index >= 15 is 0 Å². The van der Waals surface area contributed by atoms with Crippen LogP contribution in [0.1, 0.15) is 21.6 Å². The fraction of sp³-hybridized carbons (Fsp3) is 0.188. The third-order valence-electron chi connectivity index (χ3n) is 3.92. The molecule has 1 heterocycles. The average Bonchev–Trinajstić information content (AvgIpc) is 2.86. The number of amides is 1. The van der Waals surface area contributed by atoms with E-state index in [9.17, 15) is 19.8 Å². The monoisotopic (exact) mass is 376 g/mol. The summed E-state index contributed by atoms with van der Waals surface area (Å²) in [5.41, 5.74) is 0.114. The van der Waals surface area contributed by atoms with E-state index in [1.54, 1.807) is 0 Å². The van der Waals surface area contributed by atoms with Crippen LogP contribution in [0.25, 0.3) is 0 Å². The highest BCUT2D eigenvalue weighted by atomic mass is 79.9. The molecule has 1 unspecified atom stereocenters. The van der Waals surface area contributed by atoms with Gasteiger partial charge in [0.1, 0.15) is 11.3 Å². The molecule has 1 atom stereocenters. The summed E-state index contributed by atoms with van der Waals surface area (Å²) in [6, 6.07) is 8.35. The Morgan fingerprint density at radius 2 is 1.96 bits per heavy atom. The summed E-state index contributed by atoms with van der Waals surface area (Å²) in [7, 11) is 0. The van der Waals surface area contributed by atoms with Gasteiger partial charge in [-0.2, -0.15) is 0 Å². The number of aromatic nitrogens is 1. The first-order valence-electron chi connectivity index (χ1n) is 6.88. The molecule has 3 rings (SSSR count). The van der Waals surface area contributed by atoms with E-state index in [0.29, 0.717) is 0 Å². The molecule has 1 aromatic carbocycles. The average molecular weight is 377 g/mol. The Kier molecular flexibility index (Phi) is 3.81. The number of hydrogen-bond donors (Lipinski definition) is 3. The van der Waals surface area contributed by atoms with Crippen molar-refractivity contribution in [2.75, 3.05) is 0 Å². The lowest BCUT2D eigenvalue weighted by Gasteiger charge is -2.25. The van der Waals surface area contributed by atoms with E-state index in [1.807, 2.05) is 18.2 Å². The maximum atomic E-state index is 12.3. The first-order valence-corrected chi connectivity index (χ1v) is 7.68. The molecular formula is C16H13BrN2O4. The van der Waals surface area contributed by atoms with Gasteiger partial charge in [0.15, 0.2) is 5.69 Å². The molecule has 1 aromatic heterocycles. The van der Waals surface area contributed by atoms with Crippen molar-refractivity contribution in [1.29, 1.82) is 0 Å². The van der Waals surface area contributed by atoms with Gasteiger partial charge in [0, 0.05) is 23.5 Å². The maximum absolute atomic E-state index is 12.3. The van der Waals surface area contributed by atoms with Crippen LogP contribution in [0.3, 0.4) is 0 Å². The minimum atomic E-state index is -1.44. The first-order chi connectivity index (χ1) is 10.9. The van der Waals surface area contributed by atoms with Crippen molar-refractivity contribution in [2.45, 2.75) is 18.4 Å². The fourth-order valence-corrected chi connectivity index (χ4v) is 3.19. The minimum Gasteiger partial charge on any atom is -0.505 e. The lowest BCUT2D eigenvalue weighted by Crippen LogP contribution is -2.55. The molecule has 0 spiro atoms. The number of carbonyl (C=O) groups excluding carboxylic acids is 1. The molecule has 7 heteroatoms. The number of benzene rings is 1. The highest BCUT2D eigenvalue weighted by Crippen LogP contribution is 2.33. The predicted molar refractivity (Wildman–Crippen MR) is 85.3 cm³/mol. The number of aliphatic carboxylic acids is 1. The van der Waals surface area contributed by atoms with Crippen LogP contribution in [-0.4, -0.2) is 32.6 Å². The van der Waals surface area contributed by atoms with Crippen LogP contribution in [-0.2, 0) is 17.6 Å². The van der Waals surface area contributed by atoms with Crippen LogP contribution >= 0.6 is 15.9 Å². The van der Waals surface area contributed by atoms with Crippen molar-refractivity contribution in [3.05, 3.63) is 57.8 Å². The fourth-order valence-electron chi connectivity index (χ4n) is 2.79. The van der Waals surface area contributed by atoms with Crippen LogP contribution in [0.5, 0.6) is 5.75 Å². The quantitative estimate of drug-likeness (QED) is 0.759. The van der Waals surface area contributed by atoms with Crippen molar-refractivity contribution in [3.63, 3.8) is 0 Å². The van der Waals surface area contributed by atoms with Gasteiger partial charge < -0.3 is 15.5 Å². The van der Waals surface area contributed by atoms with E-state index in [2.05, 4.69) is 26.2 Å². The Balaban J connectivity index is 1.91. The highest BCUT2D eigenvalue weighted by Gasteiger charge is 2.46. The lowest BCUT2D eigenvalue weighted by atomic mass is 9.95. The van der Waals surface area contributed by atoms with Gasteiger partial charge in [-0.25, -0.2) is 9.78 Å². The molecule has 1 aliphatic carbocycles. The van der Waals surface area contributed by atoms with E-state index in [1.165, 1.54) is 18.3 Å². The number of carboxylic acid groups (broad SMARTS) is 1. The molecule has 0 saturated carbocycles. The highest BCUT2D eigenvalue weighted by molar-refractivity contribution is 9.10. The van der Waals surface area contributed by atoms with Crippen LogP contribution < -0.4 is 5.32 Å². The number of aromatic hydroxyl groups is 1. The van der Waals surface area contributed by atoms with Gasteiger partial charge in [0.25, 0.3) is 5.91 Å². The summed E-state index contributed by atoms with van der Waals surface area (Å²) in [4.78, 5) is 28.0. The number of rotatable bonds is 3. The van der Waals surface area contributed by atoms with Crippen molar-refractivity contribution in [3.8, 4) is 5.75 Å². The first kappa shape index (κ1) is 15.5. The van der Waals surface area contributed by atoms with Gasteiger partial charge in [-0.05, 0) is 35.4 Å². The number of nitrogens with zero attached hydrogens (tertiary/aromatic N) is 1. The molecule has 0 saturated heterocycles. The summed E-state index contributed by atoms with van der Waals surface area (Å²) in [6.45, 7) is 0. The van der Waals surface area contributed by atoms with Crippen LogP contribution in [0, 0.1) is 0 Å². The van der Waals surface area contributed by atoms with E-state index in [4.69, 9.17) is 0 Å². The van der Waals surface area contributed by atoms with E-state index in [0.717, 1.165) is 15.6 Å². The second-order valence-electron chi connectivity index (χ2n) is 5.48. The summed E-state index contributed by atoms with van der Waals surface area (Å²) in [5, 5.41) is 21.9. The second-order valence-corrected chi connectivity index (χ2v) is 6.39. The Morgan fingerprint density at radius 1 is 1.22 bits per heavy atom. The van der Waals surface area contributed by atoms with Gasteiger partial charge in [0.2, 0.25) is 0 Å². The molecule has 23 heavy (non-hydrogen) atoms. The topological polar surface area (TPSA) is 99.5 Å². The lowest BCUT2D eigenvalue weighted by molar-refractivity contribution is -0.144. The maximum Gasteiger partial charge on any atom is 0.330 e. The predicted octanol–water partition coefficient (Wildman–Crippen LogP) is 1.90. The van der Waals surface area contributed by atoms with Crippen molar-refractivity contribution < 1.29 is 19.8 Å². The van der Waals surface area contributed by atoms with Crippen molar-refractivity contribution in [2.24, 2.45) is 0 Å². The van der Waals surface area contributed by atoms with Gasteiger partial charge >= 0.3 is 5.97 Å². The number of hydrogen-bond acceptors (Lipinski definition) is 4. The number of carbonyl (C=O) groups is 2. The Morgan fingerprint density at radius 3 is 2.65 bits per heavy atom. The van der Waals surface area contributed by atoms with Crippen LogP contribution in [0.15, 0.2) is 41.0 Å². The standard InChI is InChI=1S/C16H13BrN2O4/c17-11-4-3-9-7-16(15(22)23,8-10(9)6-11)19-14(21)13-12(20)2-1-5-18-13/h1-6,20H,7-8H2,(H,19,21)(H,22,23). The zero-order valence-electron chi connectivity index (χ0n) is 11.9. The Hall–Kier alpha value is -2.41. The van der Waals surface area contributed by atoms with Crippen LogP contribution in [0.2, 0.25) is 0 Å². The Bertz CT molecular complexity index is 808. The zero-order valence-corrected chi connectivity index (χ0v) is 13.5. The Labute approximate surface area is 140 Å². The van der Waals surface area contributed by atoms with Crippen LogP contribution in [0.4, 0.5) is 0 Å². The second kappa shape index (κ2) is 5.66. The van der Waals surface area contributed by atoms with Gasteiger partial charge in [-0.15, -0.1) is 0 Å². The number of fused-ring (bicyclic) bond motifs is 1. The number of halogens is 1. The molecule has 118 valence electrons. The van der Waals surface area contributed by atoms with E-state index < -0.39 is 17.4 Å². The summed E-state index contributed by atoms with van der Waals surface area (Å²) >= 11 is 3.36. The largest absolute Gasteiger partial charge is 0.505 e.